The summed E-state index contributed by atoms with van der Waals surface area (Å²) < 4.78 is 40.1. The first kappa shape index (κ1) is 16.1. The van der Waals surface area contributed by atoms with Crippen molar-refractivity contribution in [3.63, 3.8) is 0 Å². The predicted molar refractivity (Wildman–Crippen MR) is 85.1 cm³/mol. The molecule has 1 aromatic heterocycles. The van der Waals surface area contributed by atoms with E-state index >= 15 is 0 Å². The van der Waals surface area contributed by atoms with Gasteiger partial charge in [-0.1, -0.05) is 53.5 Å². The maximum atomic E-state index is 12.8. The van der Waals surface area contributed by atoms with E-state index in [1.165, 1.54) is 10.6 Å². The zero-order valence-corrected chi connectivity index (χ0v) is 13.3. The lowest BCUT2D eigenvalue weighted by atomic mass is 10.2. The highest BCUT2D eigenvalue weighted by molar-refractivity contribution is 6.42. The van der Waals surface area contributed by atoms with Crippen LogP contribution in [-0.2, 0) is 13.0 Å². The maximum Gasteiger partial charge on any atom is 0.396 e. The first-order valence-corrected chi connectivity index (χ1v) is 7.54. The number of rotatable bonds is 3. The van der Waals surface area contributed by atoms with E-state index in [9.17, 15) is 13.2 Å². The van der Waals surface area contributed by atoms with E-state index in [4.69, 9.17) is 23.2 Å². The summed E-state index contributed by atoms with van der Waals surface area (Å²) in [6.07, 6.45) is -5.45. The summed E-state index contributed by atoms with van der Waals surface area (Å²) in [7, 11) is 0. The molecule has 0 aliphatic carbocycles. The van der Waals surface area contributed by atoms with E-state index in [0.29, 0.717) is 11.0 Å². The second-order valence-corrected chi connectivity index (χ2v) is 5.96. The smallest absolute Gasteiger partial charge is 0.323 e. The van der Waals surface area contributed by atoms with Crippen molar-refractivity contribution in [3.8, 4) is 0 Å². The van der Waals surface area contributed by atoms with Crippen LogP contribution in [-0.4, -0.2) is 15.7 Å². The Hall–Kier alpha value is -1.72. The topological polar surface area (TPSA) is 17.8 Å². The third kappa shape index (κ3) is 3.62. The predicted octanol–water partition coefficient (Wildman–Crippen LogP) is 5.50. The van der Waals surface area contributed by atoms with E-state index < -0.39 is 12.6 Å². The quantitative estimate of drug-likeness (QED) is 0.604. The summed E-state index contributed by atoms with van der Waals surface area (Å²) in [5, 5.41) is 0.550. The molecule has 0 bridgehead atoms. The highest BCUT2D eigenvalue weighted by atomic mass is 35.5. The molecule has 0 aliphatic heterocycles. The number of alkyl halides is 3. The molecule has 0 atom stereocenters. The van der Waals surface area contributed by atoms with Gasteiger partial charge in [0.05, 0.1) is 21.1 Å². The summed E-state index contributed by atoms with van der Waals surface area (Å²) in [5.74, 6) is -0.0605. The fraction of sp³-hybridized carbons (Fsp3) is 0.188. The Labute approximate surface area is 140 Å². The zero-order valence-electron chi connectivity index (χ0n) is 11.7. The zero-order chi connectivity index (χ0) is 16.6. The lowest BCUT2D eigenvalue weighted by Crippen LogP contribution is -2.16. The van der Waals surface area contributed by atoms with Crippen molar-refractivity contribution >= 4 is 34.2 Å². The fourth-order valence-electron chi connectivity index (χ4n) is 2.43. The Morgan fingerprint density at radius 3 is 2.30 bits per heavy atom. The van der Waals surface area contributed by atoms with Gasteiger partial charge < -0.3 is 4.57 Å². The molecule has 3 aromatic rings. The van der Waals surface area contributed by atoms with Gasteiger partial charge in [-0.2, -0.15) is 13.2 Å². The van der Waals surface area contributed by atoms with Gasteiger partial charge in [0.2, 0.25) is 0 Å². The average molecular weight is 359 g/mol. The molecule has 0 saturated carbocycles. The molecular weight excluding hydrogens is 348 g/mol. The highest BCUT2D eigenvalue weighted by Crippen LogP contribution is 2.30. The number of nitrogens with zero attached hydrogens (tertiary/aromatic N) is 2. The van der Waals surface area contributed by atoms with Crippen LogP contribution >= 0.6 is 23.2 Å². The van der Waals surface area contributed by atoms with Gasteiger partial charge in [-0.25, -0.2) is 4.98 Å². The van der Waals surface area contributed by atoms with Gasteiger partial charge in [0.25, 0.3) is 0 Å². The minimum absolute atomic E-state index is 0.0605. The number of aromatic nitrogens is 2. The Morgan fingerprint density at radius 1 is 1.00 bits per heavy atom. The van der Waals surface area contributed by atoms with E-state index in [-0.39, 0.29) is 22.4 Å². The van der Waals surface area contributed by atoms with Gasteiger partial charge in [-0.05, 0) is 17.7 Å². The molecular formula is C16H11Cl2F3N2. The summed E-state index contributed by atoms with van der Waals surface area (Å²) in [4.78, 5) is 4.10. The van der Waals surface area contributed by atoms with E-state index in [1.54, 1.807) is 6.07 Å². The second-order valence-electron chi connectivity index (χ2n) is 5.15. The standard InChI is InChI=1S/C16H11Cl2F3N2/c17-11-6-13-14(7-12(11)18)23(9-10-4-2-1-3-5-10)15(22-13)8-16(19,20)21/h1-7H,8-9H2. The monoisotopic (exact) mass is 358 g/mol. The van der Waals surface area contributed by atoms with E-state index in [2.05, 4.69) is 4.98 Å². The Kier molecular flexibility index (Phi) is 4.25. The molecule has 0 saturated heterocycles. The van der Waals surface area contributed by atoms with Crippen molar-refractivity contribution < 1.29 is 13.2 Å². The molecule has 0 spiro atoms. The van der Waals surface area contributed by atoms with Crippen LogP contribution in [0.1, 0.15) is 11.4 Å². The minimum Gasteiger partial charge on any atom is -0.323 e. The molecule has 0 fully saturated rings. The summed E-state index contributed by atoms with van der Waals surface area (Å²) >= 11 is 11.9. The molecule has 0 aliphatic rings. The van der Waals surface area contributed by atoms with Crippen LogP contribution in [0, 0.1) is 0 Å². The van der Waals surface area contributed by atoms with Gasteiger partial charge in [-0.3, -0.25) is 0 Å². The third-order valence-electron chi connectivity index (χ3n) is 3.41. The largest absolute Gasteiger partial charge is 0.396 e. The Morgan fingerprint density at radius 2 is 1.65 bits per heavy atom. The van der Waals surface area contributed by atoms with Crippen LogP contribution in [0.15, 0.2) is 42.5 Å². The Bertz CT molecular complexity index is 842. The molecule has 7 heteroatoms. The van der Waals surface area contributed by atoms with Gasteiger partial charge in [0.15, 0.2) is 0 Å². The molecule has 3 rings (SSSR count). The van der Waals surface area contributed by atoms with Crippen molar-refractivity contribution in [2.75, 3.05) is 0 Å². The second kappa shape index (κ2) is 6.06. The molecule has 1 heterocycles. The van der Waals surface area contributed by atoms with Crippen LogP contribution in [0.5, 0.6) is 0 Å². The summed E-state index contributed by atoms with van der Waals surface area (Å²) in [6.45, 7) is 0.278. The van der Waals surface area contributed by atoms with Crippen LogP contribution in [0.3, 0.4) is 0 Å². The van der Waals surface area contributed by atoms with Gasteiger partial charge >= 0.3 is 6.18 Å². The van der Waals surface area contributed by atoms with Crippen LogP contribution in [0.25, 0.3) is 11.0 Å². The lowest BCUT2D eigenvalue weighted by Gasteiger charge is -2.11. The number of imidazole rings is 1. The SMILES string of the molecule is FC(F)(F)Cc1nc2cc(Cl)c(Cl)cc2n1Cc1ccccc1. The maximum absolute atomic E-state index is 12.8. The van der Waals surface area contributed by atoms with Gasteiger partial charge in [0.1, 0.15) is 12.2 Å². The fourth-order valence-corrected chi connectivity index (χ4v) is 2.74. The van der Waals surface area contributed by atoms with Crippen LogP contribution in [0.2, 0.25) is 10.0 Å². The number of hydrogen-bond acceptors (Lipinski definition) is 1. The van der Waals surface area contributed by atoms with Crippen LogP contribution < -0.4 is 0 Å². The molecule has 0 unspecified atom stereocenters. The van der Waals surface area contributed by atoms with E-state index in [0.717, 1.165) is 5.56 Å². The highest BCUT2D eigenvalue weighted by Gasteiger charge is 2.31. The first-order chi connectivity index (χ1) is 10.8. The van der Waals surface area contributed by atoms with Crippen molar-refractivity contribution in [3.05, 3.63) is 63.9 Å². The Balaban J connectivity index is 2.14. The number of hydrogen-bond donors (Lipinski definition) is 0. The number of halogens is 5. The molecule has 0 amide bonds. The number of fused-ring (bicyclic) bond motifs is 1. The van der Waals surface area contributed by atoms with Crippen molar-refractivity contribution in [1.82, 2.24) is 9.55 Å². The molecule has 23 heavy (non-hydrogen) atoms. The molecule has 0 radical (unpaired) electrons. The first-order valence-electron chi connectivity index (χ1n) is 6.78. The minimum atomic E-state index is -4.34. The van der Waals surface area contributed by atoms with Crippen molar-refractivity contribution in [2.24, 2.45) is 0 Å². The third-order valence-corrected chi connectivity index (χ3v) is 4.13. The molecule has 120 valence electrons. The van der Waals surface area contributed by atoms with Crippen LogP contribution in [0.4, 0.5) is 13.2 Å². The van der Waals surface area contributed by atoms with Gasteiger partial charge in [-0.15, -0.1) is 0 Å². The lowest BCUT2D eigenvalue weighted by molar-refractivity contribution is -0.128. The van der Waals surface area contributed by atoms with E-state index in [1.807, 2.05) is 30.3 Å². The summed E-state index contributed by atoms with van der Waals surface area (Å²) in [5.41, 5.74) is 1.80. The molecule has 0 N–H and O–H groups in total. The van der Waals surface area contributed by atoms with Gasteiger partial charge in [0, 0.05) is 6.54 Å². The number of benzene rings is 2. The normalized spacial score (nSPS) is 12.0. The average Bonchev–Trinajstić information content (AvgIpc) is 2.76. The summed E-state index contributed by atoms with van der Waals surface area (Å²) in [6, 6.07) is 12.3. The molecule has 2 nitrogen and oxygen atoms in total. The van der Waals surface area contributed by atoms with Crippen molar-refractivity contribution in [2.45, 2.75) is 19.1 Å². The molecule has 2 aromatic carbocycles. The van der Waals surface area contributed by atoms with Crippen molar-refractivity contribution in [1.29, 1.82) is 0 Å².